The second-order valence-electron chi connectivity index (χ2n) is 5.28. The lowest BCUT2D eigenvalue weighted by atomic mass is 9.92. The molecular formula is C17H14NO5-. The topological polar surface area (TPSA) is 92.5 Å². The first-order valence-electron chi connectivity index (χ1n) is 7.04. The number of nitro groups is 1. The van der Waals surface area contributed by atoms with Crippen LogP contribution in [-0.4, -0.2) is 4.92 Å². The van der Waals surface area contributed by atoms with Gasteiger partial charge in [0.15, 0.2) is 0 Å². The fraction of sp³-hybridized carbons (Fsp3) is 0.176. The third kappa shape index (κ3) is 2.70. The molecule has 2 aromatic heterocycles. The van der Waals surface area contributed by atoms with E-state index in [9.17, 15) is 15.2 Å². The molecule has 0 fully saturated rings. The Kier molecular flexibility index (Phi) is 3.65. The highest BCUT2D eigenvalue weighted by Gasteiger charge is 2.26. The normalized spacial score (nSPS) is 11.1. The number of hydrogen-bond donors (Lipinski definition) is 0. The summed E-state index contributed by atoms with van der Waals surface area (Å²) < 4.78 is 11.3. The third-order valence-corrected chi connectivity index (χ3v) is 3.62. The van der Waals surface area contributed by atoms with E-state index in [0.717, 1.165) is 0 Å². The summed E-state index contributed by atoms with van der Waals surface area (Å²) in [7, 11) is 0. The van der Waals surface area contributed by atoms with Crippen LogP contribution in [0.15, 0.2) is 51.3 Å². The van der Waals surface area contributed by atoms with Gasteiger partial charge in [-0.05, 0) is 49.4 Å². The van der Waals surface area contributed by atoms with Crippen LogP contribution in [0.3, 0.4) is 0 Å². The molecule has 0 radical (unpaired) electrons. The standard InChI is InChI=1S/C17H15NO5/c1-10-6-8-14(22-10)16(15-9-7-11(2)23-15)12-4-3-5-13(17(12)19)18(20)21/h3-9,16,19H,1-2H3/p-1. The van der Waals surface area contributed by atoms with Crippen LogP contribution >= 0.6 is 0 Å². The lowest BCUT2D eigenvalue weighted by Crippen LogP contribution is -2.08. The van der Waals surface area contributed by atoms with Gasteiger partial charge in [0.05, 0.1) is 10.8 Å². The Morgan fingerprint density at radius 3 is 1.96 bits per heavy atom. The minimum absolute atomic E-state index is 0.253. The van der Waals surface area contributed by atoms with Gasteiger partial charge in [-0.2, -0.15) is 0 Å². The third-order valence-electron chi connectivity index (χ3n) is 3.62. The molecule has 2 heterocycles. The van der Waals surface area contributed by atoms with Gasteiger partial charge in [-0.25, -0.2) is 0 Å². The van der Waals surface area contributed by atoms with Crippen LogP contribution in [0.5, 0.6) is 5.75 Å². The number of nitrogens with zero attached hydrogens (tertiary/aromatic N) is 1. The Morgan fingerprint density at radius 2 is 1.52 bits per heavy atom. The van der Waals surface area contributed by atoms with Crippen molar-refractivity contribution in [3.63, 3.8) is 0 Å². The number of para-hydroxylation sites is 1. The summed E-state index contributed by atoms with van der Waals surface area (Å²) in [4.78, 5) is 10.4. The maximum absolute atomic E-state index is 12.5. The predicted molar refractivity (Wildman–Crippen MR) is 80.4 cm³/mol. The SMILES string of the molecule is Cc1ccc(C(c2ccc(C)o2)c2cccc([N+](=O)[O-])c2[O-])o1. The van der Waals surface area contributed by atoms with Gasteiger partial charge in [0, 0.05) is 6.07 Å². The van der Waals surface area contributed by atoms with Crippen LogP contribution in [0, 0.1) is 24.0 Å². The molecule has 6 nitrogen and oxygen atoms in total. The Balaban J connectivity index is 2.20. The minimum Gasteiger partial charge on any atom is -0.868 e. The van der Waals surface area contributed by atoms with Gasteiger partial charge in [-0.3, -0.25) is 10.1 Å². The molecule has 3 aromatic rings. The Hall–Kier alpha value is -3.02. The summed E-state index contributed by atoms with van der Waals surface area (Å²) >= 11 is 0. The van der Waals surface area contributed by atoms with Gasteiger partial charge in [0.1, 0.15) is 23.0 Å². The van der Waals surface area contributed by atoms with Crippen molar-refractivity contribution in [2.75, 3.05) is 0 Å². The van der Waals surface area contributed by atoms with E-state index in [2.05, 4.69) is 0 Å². The van der Waals surface area contributed by atoms with Gasteiger partial charge >= 0.3 is 0 Å². The van der Waals surface area contributed by atoms with E-state index in [-0.39, 0.29) is 5.56 Å². The van der Waals surface area contributed by atoms with E-state index >= 15 is 0 Å². The molecule has 0 saturated heterocycles. The Morgan fingerprint density at radius 1 is 0.957 bits per heavy atom. The molecule has 0 aliphatic carbocycles. The zero-order valence-electron chi connectivity index (χ0n) is 12.6. The molecular weight excluding hydrogens is 298 g/mol. The highest BCUT2D eigenvalue weighted by molar-refractivity contribution is 5.54. The average molecular weight is 312 g/mol. The molecule has 6 heteroatoms. The predicted octanol–water partition coefficient (Wildman–Crippen LogP) is 3.65. The van der Waals surface area contributed by atoms with E-state index < -0.39 is 22.3 Å². The van der Waals surface area contributed by atoms with E-state index in [0.29, 0.717) is 23.0 Å². The van der Waals surface area contributed by atoms with Crippen LogP contribution in [0.2, 0.25) is 0 Å². The van der Waals surface area contributed by atoms with Crippen molar-refractivity contribution in [2.24, 2.45) is 0 Å². The average Bonchev–Trinajstić information content (AvgIpc) is 3.10. The molecule has 0 N–H and O–H groups in total. The van der Waals surface area contributed by atoms with Crippen LogP contribution in [0.25, 0.3) is 0 Å². The van der Waals surface area contributed by atoms with Crippen molar-refractivity contribution in [3.05, 3.63) is 81.2 Å². The highest BCUT2D eigenvalue weighted by atomic mass is 16.6. The molecule has 0 amide bonds. The first-order valence-corrected chi connectivity index (χ1v) is 7.04. The fourth-order valence-electron chi connectivity index (χ4n) is 2.58. The van der Waals surface area contributed by atoms with E-state index in [1.54, 1.807) is 44.2 Å². The molecule has 0 aliphatic rings. The molecule has 0 aliphatic heterocycles. The van der Waals surface area contributed by atoms with Gasteiger partial charge < -0.3 is 13.9 Å². The summed E-state index contributed by atoms with van der Waals surface area (Å²) in [5, 5.41) is 23.5. The monoisotopic (exact) mass is 312 g/mol. The smallest absolute Gasteiger partial charge is 0.262 e. The van der Waals surface area contributed by atoms with Crippen molar-refractivity contribution in [3.8, 4) is 5.75 Å². The van der Waals surface area contributed by atoms with Crippen LogP contribution in [-0.2, 0) is 0 Å². The van der Waals surface area contributed by atoms with Crippen molar-refractivity contribution >= 4 is 5.69 Å². The van der Waals surface area contributed by atoms with Crippen molar-refractivity contribution in [2.45, 2.75) is 19.8 Å². The zero-order chi connectivity index (χ0) is 16.6. The number of hydrogen-bond acceptors (Lipinski definition) is 5. The first kappa shape index (κ1) is 14.9. The van der Waals surface area contributed by atoms with Crippen molar-refractivity contribution < 1.29 is 18.9 Å². The lowest BCUT2D eigenvalue weighted by molar-refractivity contribution is -0.398. The summed E-state index contributed by atoms with van der Waals surface area (Å²) in [6.07, 6.45) is 0. The summed E-state index contributed by atoms with van der Waals surface area (Å²) in [5.41, 5.74) is -0.207. The van der Waals surface area contributed by atoms with Gasteiger partial charge in [-0.15, -0.1) is 0 Å². The minimum atomic E-state index is -0.677. The molecule has 0 saturated carbocycles. The molecule has 0 bridgehead atoms. The molecule has 3 rings (SSSR count). The first-order chi connectivity index (χ1) is 11.0. The highest BCUT2D eigenvalue weighted by Crippen LogP contribution is 2.40. The Labute approximate surface area is 132 Å². The van der Waals surface area contributed by atoms with Crippen molar-refractivity contribution in [1.29, 1.82) is 0 Å². The number of aryl methyl sites for hydroxylation is 2. The summed E-state index contributed by atoms with van der Waals surface area (Å²) in [6, 6.07) is 11.3. The molecule has 0 spiro atoms. The van der Waals surface area contributed by atoms with Crippen molar-refractivity contribution in [1.82, 2.24) is 0 Å². The quantitative estimate of drug-likeness (QED) is 0.541. The number of furan rings is 2. The van der Waals surface area contributed by atoms with Gasteiger partial charge in [-0.1, -0.05) is 12.1 Å². The van der Waals surface area contributed by atoms with Crippen LogP contribution < -0.4 is 5.11 Å². The number of nitro benzene ring substituents is 1. The number of benzene rings is 1. The summed E-state index contributed by atoms with van der Waals surface area (Å²) in [6.45, 7) is 3.58. The molecule has 0 unspecified atom stereocenters. The van der Waals surface area contributed by atoms with Crippen LogP contribution in [0.4, 0.5) is 5.69 Å². The van der Waals surface area contributed by atoms with E-state index in [1.165, 1.54) is 12.1 Å². The van der Waals surface area contributed by atoms with E-state index in [1.807, 2.05) is 0 Å². The molecule has 1 aromatic carbocycles. The maximum atomic E-state index is 12.5. The largest absolute Gasteiger partial charge is 0.868 e. The maximum Gasteiger partial charge on any atom is 0.262 e. The fourth-order valence-corrected chi connectivity index (χ4v) is 2.58. The molecule has 23 heavy (non-hydrogen) atoms. The van der Waals surface area contributed by atoms with E-state index in [4.69, 9.17) is 8.83 Å². The second kappa shape index (κ2) is 5.64. The van der Waals surface area contributed by atoms with Gasteiger partial charge in [0.25, 0.3) is 5.69 Å². The molecule has 0 atom stereocenters. The summed E-state index contributed by atoms with van der Waals surface area (Å²) in [5.74, 6) is 1.14. The van der Waals surface area contributed by atoms with Crippen LogP contribution in [0.1, 0.15) is 34.5 Å². The zero-order valence-corrected chi connectivity index (χ0v) is 12.6. The number of rotatable bonds is 4. The lowest BCUT2D eigenvalue weighted by Gasteiger charge is -2.19. The second-order valence-corrected chi connectivity index (χ2v) is 5.28. The van der Waals surface area contributed by atoms with Gasteiger partial charge in [0.2, 0.25) is 0 Å². The molecule has 118 valence electrons. The Bertz CT molecular complexity index is 821.